The van der Waals surface area contributed by atoms with E-state index in [9.17, 15) is 4.79 Å². The number of anilines is 1. The Balaban J connectivity index is 2.43. The molecule has 0 aliphatic heterocycles. The molecule has 0 radical (unpaired) electrons. The first-order chi connectivity index (χ1) is 8.50. The lowest BCUT2D eigenvalue weighted by Crippen LogP contribution is -2.23. The molecule has 0 saturated carbocycles. The largest absolute Gasteiger partial charge is 0.369 e. The normalized spacial score (nSPS) is 12.0. The summed E-state index contributed by atoms with van der Waals surface area (Å²) in [6.45, 7) is 2.79. The van der Waals surface area contributed by atoms with Gasteiger partial charge < -0.3 is 16.0 Å². The molecule has 1 atom stereocenters. The topological polar surface area (TPSA) is 84.1 Å². The zero-order valence-corrected chi connectivity index (χ0v) is 11.2. The van der Waals surface area contributed by atoms with Crippen molar-refractivity contribution in [2.24, 2.45) is 5.73 Å². The molecule has 100 valence electrons. The molecule has 3 N–H and O–H groups in total. The molecule has 1 aromatic heterocycles. The van der Waals surface area contributed by atoms with Crippen LogP contribution in [0, 0.1) is 0 Å². The van der Waals surface area contributed by atoms with E-state index in [-0.39, 0.29) is 11.9 Å². The van der Waals surface area contributed by atoms with E-state index in [0.29, 0.717) is 11.5 Å². The van der Waals surface area contributed by atoms with E-state index >= 15 is 0 Å². The molecule has 0 aromatic carbocycles. The molecule has 0 aliphatic rings. The zero-order valence-electron chi connectivity index (χ0n) is 11.2. The highest BCUT2D eigenvalue weighted by molar-refractivity contribution is 5.91. The number of aromatic nitrogens is 2. The summed E-state index contributed by atoms with van der Waals surface area (Å²) in [6, 6.07) is 3.65. The maximum absolute atomic E-state index is 11.6. The molecule has 18 heavy (non-hydrogen) atoms. The fraction of sp³-hybridized carbons (Fsp3) is 0.583. The molecule has 0 bridgehead atoms. The molecule has 6 nitrogen and oxygen atoms in total. The predicted molar refractivity (Wildman–Crippen MR) is 71.4 cm³/mol. The average Bonchev–Trinajstić information content (AvgIpc) is 2.34. The van der Waals surface area contributed by atoms with Crippen molar-refractivity contribution >= 4 is 11.7 Å². The van der Waals surface area contributed by atoms with E-state index in [1.54, 1.807) is 26.2 Å². The smallest absolute Gasteiger partial charge is 0.273 e. The van der Waals surface area contributed by atoms with Gasteiger partial charge in [-0.05, 0) is 31.9 Å². The maximum atomic E-state index is 11.6. The van der Waals surface area contributed by atoms with Crippen LogP contribution in [0.4, 0.5) is 5.82 Å². The second kappa shape index (κ2) is 6.90. The molecule has 1 rings (SSSR count). The predicted octanol–water partition coefficient (Wildman–Crippen LogP) is 0.718. The molecule has 1 amide bonds. The zero-order chi connectivity index (χ0) is 13.5. The molecule has 0 fully saturated rings. The van der Waals surface area contributed by atoms with Crippen LogP contribution in [0.15, 0.2) is 12.1 Å². The van der Waals surface area contributed by atoms with E-state index in [1.165, 1.54) is 4.90 Å². The highest BCUT2D eigenvalue weighted by Crippen LogP contribution is 2.04. The monoisotopic (exact) mass is 251 g/mol. The van der Waals surface area contributed by atoms with Crippen molar-refractivity contribution in [1.82, 2.24) is 15.1 Å². The van der Waals surface area contributed by atoms with Crippen molar-refractivity contribution in [3.05, 3.63) is 17.8 Å². The lowest BCUT2D eigenvalue weighted by Gasteiger charge is -2.09. The molecule has 0 aliphatic carbocycles. The lowest BCUT2D eigenvalue weighted by atomic mass is 10.2. The number of amides is 1. The number of rotatable bonds is 6. The Morgan fingerprint density at radius 2 is 2.17 bits per heavy atom. The third-order valence-corrected chi connectivity index (χ3v) is 2.43. The minimum absolute atomic E-state index is 0.147. The van der Waals surface area contributed by atoms with Crippen LogP contribution in [0.25, 0.3) is 0 Å². The summed E-state index contributed by atoms with van der Waals surface area (Å²) in [6.07, 6.45) is 1.95. The van der Waals surface area contributed by atoms with Crippen LogP contribution in [0.1, 0.15) is 30.3 Å². The molecular weight excluding hydrogens is 230 g/mol. The van der Waals surface area contributed by atoms with Gasteiger partial charge in [0.1, 0.15) is 5.82 Å². The second-order valence-corrected chi connectivity index (χ2v) is 4.55. The van der Waals surface area contributed by atoms with Gasteiger partial charge in [0.05, 0.1) is 0 Å². The number of nitrogens with two attached hydrogens (primary N) is 1. The number of hydrogen-bond donors (Lipinski definition) is 2. The maximum Gasteiger partial charge on any atom is 0.273 e. The summed E-state index contributed by atoms with van der Waals surface area (Å²) in [5.74, 6) is 0.529. The van der Waals surface area contributed by atoms with Gasteiger partial charge in [-0.2, -0.15) is 0 Å². The SMILES string of the molecule is CC(N)CCCNc1ccc(C(=O)N(C)C)nn1. The third-order valence-electron chi connectivity index (χ3n) is 2.43. The fourth-order valence-electron chi connectivity index (χ4n) is 1.41. The Labute approximate surface area is 108 Å². The Morgan fingerprint density at radius 1 is 1.44 bits per heavy atom. The van der Waals surface area contributed by atoms with Crippen LogP contribution in [0.5, 0.6) is 0 Å². The van der Waals surface area contributed by atoms with E-state index in [1.807, 2.05) is 6.92 Å². The highest BCUT2D eigenvalue weighted by Gasteiger charge is 2.09. The third kappa shape index (κ3) is 4.67. The van der Waals surface area contributed by atoms with Crippen molar-refractivity contribution in [2.75, 3.05) is 26.0 Å². The van der Waals surface area contributed by atoms with Gasteiger partial charge in [0, 0.05) is 26.7 Å². The molecule has 1 aromatic rings. The number of hydrogen-bond acceptors (Lipinski definition) is 5. The number of nitrogens with zero attached hydrogens (tertiary/aromatic N) is 3. The van der Waals surface area contributed by atoms with Crippen LogP contribution < -0.4 is 11.1 Å². The minimum Gasteiger partial charge on any atom is -0.369 e. The second-order valence-electron chi connectivity index (χ2n) is 4.55. The van der Waals surface area contributed by atoms with Gasteiger partial charge in [-0.1, -0.05) is 0 Å². The molecule has 1 heterocycles. The van der Waals surface area contributed by atoms with Crippen LogP contribution in [0.3, 0.4) is 0 Å². The van der Waals surface area contributed by atoms with Crippen LogP contribution >= 0.6 is 0 Å². The summed E-state index contributed by atoms with van der Waals surface area (Å²) in [5, 5.41) is 11.0. The Hall–Kier alpha value is -1.69. The molecule has 0 spiro atoms. The molecular formula is C12H21N5O. The van der Waals surface area contributed by atoms with E-state index < -0.39 is 0 Å². The van der Waals surface area contributed by atoms with Crippen molar-refractivity contribution < 1.29 is 4.79 Å². The first-order valence-electron chi connectivity index (χ1n) is 6.05. The van der Waals surface area contributed by atoms with E-state index in [0.717, 1.165) is 19.4 Å². The van der Waals surface area contributed by atoms with Crippen molar-refractivity contribution in [2.45, 2.75) is 25.8 Å². The summed E-state index contributed by atoms with van der Waals surface area (Å²) in [7, 11) is 3.37. The summed E-state index contributed by atoms with van der Waals surface area (Å²) < 4.78 is 0. The number of carbonyl (C=O) groups excluding carboxylic acids is 1. The van der Waals surface area contributed by atoms with Gasteiger partial charge in [0.25, 0.3) is 5.91 Å². The highest BCUT2D eigenvalue weighted by atomic mass is 16.2. The van der Waals surface area contributed by atoms with Crippen LogP contribution in [-0.2, 0) is 0 Å². The number of carbonyl (C=O) groups is 1. The van der Waals surface area contributed by atoms with Crippen molar-refractivity contribution in [3.8, 4) is 0 Å². The van der Waals surface area contributed by atoms with Gasteiger partial charge in [0.15, 0.2) is 5.69 Å². The Kier molecular flexibility index (Phi) is 5.51. The van der Waals surface area contributed by atoms with Gasteiger partial charge in [-0.3, -0.25) is 4.79 Å². The minimum atomic E-state index is -0.147. The summed E-state index contributed by atoms with van der Waals surface area (Å²) in [4.78, 5) is 13.1. The van der Waals surface area contributed by atoms with Crippen molar-refractivity contribution in [3.63, 3.8) is 0 Å². The first kappa shape index (κ1) is 14.4. The van der Waals surface area contributed by atoms with Crippen LogP contribution in [0.2, 0.25) is 0 Å². The Bertz CT molecular complexity index is 375. The average molecular weight is 251 g/mol. The quantitative estimate of drug-likeness (QED) is 0.728. The number of nitrogens with one attached hydrogen (secondary N) is 1. The summed E-state index contributed by atoms with van der Waals surface area (Å²) in [5.41, 5.74) is 6.00. The van der Waals surface area contributed by atoms with Crippen LogP contribution in [-0.4, -0.2) is 47.7 Å². The fourth-order valence-corrected chi connectivity index (χ4v) is 1.41. The van der Waals surface area contributed by atoms with Gasteiger partial charge >= 0.3 is 0 Å². The molecule has 0 saturated heterocycles. The lowest BCUT2D eigenvalue weighted by molar-refractivity contribution is 0.0821. The van der Waals surface area contributed by atoms with E-state index in [2.05, 4.69) is 15.5 Å². The molecule has 6 heteroatoms. The van der Waals surface area contributed by atoms with Gasteiger partial charge in [-0.15, -0.1) is 10.2 Å². The summed E-state index contributed by atoms with van der Waals surface area (Å²) >= 11 is 0. The Morgan fingerprint density at radius 3 is 2.67 bits per heavy atom. The van der Waals surface area contributed by atoms with Gasteiger partial charge in [0.2, 0.25) is 0 Å². The van der Waals surface area contributed by atoms with Gasteiger partial charge in [-0.25, -0.2) is 0 Å². The molecule has 1 unspecified atom stereocenters. The van der Waals surface area contributed by atoms with E-state index in [4.69, 9.17) is 5.73 Å². The first-order valence-corrected chi connectivity index (χ1v) is 6.05. The standard InChI is InChI=1S/C12H21N5O/c1-9(13)5-4-8-14-11-7-6-10(15-16-11)12(18)17(2)3/h6-7,9H,4-5,8,13H2,1-3H3,(H,14,16). The van der Waals surface area contributed by atoms with Crippen molar-refractivity contribution in [1.29, 1.82) is 0 Å².